The molecule has 0 aliphatic carbocycles. The van der Waals surface area contributed by atoms with Crippen LogP contribution in [0, 0.1) is 0 Å². The number of methoxy groups -OCH3 is 3. The predicted molar refractivity (Wildman–Crippen MR) is 88.9 cm³/mol. The number of rotatable bonds is 4. The molecule has 1 fully saturated rings. The van der Waals surface area contributed by atoms with Crippen LogP contribution in [0.25, 0.3) is 0 Å². The average Bonchev–Trinajstić information content (AvgIpc) is 2.86. The van der Waals surface area contributed by atoms with E-state index in [0.29, 0.717) is 49.0 Å². The minimum Gasteiger partial charge on any atom is -0.496 e. The van der Waals surface area contributed by atoms with Gasteiger partial charge in [-0.25, -0.2) is 0 Å². The van der Waals surface area contributed by atoms with Crippen molar-refractivity contribution < 1.29 is 23.8 Å². The van der Waals surface area contributed by atoms with Crippen LogP contribution in [0.3, 0.4) is 0 Å². The van der Waals surface area contributed by atoms with E-state index in [1.807, 2.05) is 0 Å². The van der Waals surface area contributed by atoms with E-state index >= 15 is 0 Å². The summed E-state index contributed by atoms with van der Waals surface area (Å²) in [6, 6.07) is 3.32. The minimum absolute atomic E-state index is 0.0314. The summed E-state index contributed by atoms with van der Waals surface area (Å²) < 4.78 is 15.9. The normalized spacial score (nSPS) is 14.8. The molecule has 1 aliphatic heterocycles. The lowest BCUT2D eigenvalue weighted by atomic mass is 10.1. The van der Waals surface area contributed by atoms with Gasteiger partial charge >= 0.3 is 0 Å². The molecule has 2 amide bonds. The van der Waals surface area contributed by atoms with Crippen LogP contribution in [0.1, 0.15) is 23.7 Å². The zero-order chi connectivity index (χ0) is 17.7. The number of hydrogen-bond acceptors (Lipinski definition) is 5. The Kier molecular flexibility index (Phi) is 5.89. The molecule has 1 aliphatic rings. The van der Waals surface area contributed by atoms with Crippen molar-refractivity contribution in [2.24, 2.45) is 0 Å². The molecular formula is C17H24N2O5. The van der Waals surface area contributed by atoms with Crippen molar-refractivity contribution in [1.82, 2.24) is 9.80 Å². The number of carbonyl (C=O) groups is 2. The zero-order valence-electron chi connectivity index (χ0n) is 14.6. The fraction of sp³-hybridized carbons (Fsp3) is 0.529. The molecule has 0 spiro atoms. The van der Waals surface area contributed by atoms with Gasteiger partial charge < -0.3 is 24.0 Å². The van der Waals surface area contributed by atoms with Crippen LogP contribution in [0.15, 0.2) is 12.1 Å². The van der Waals surface area contributed by atoms with Gasteiger partial charge in [0.25, 0.3) is 5.91 Å². The Hall–Kier alpha value is -2.44. The van der Waals surface area contributed by atoms with Gasteiger partial charge in [-0.05, 0) is 6.42 Å². The van der Waals surface area contributed by atoms with Crippen LogP contribution < -0.4 is 14.2 Å². The van der Waals surface area contributed by atoms with Gasteiger partial charge in [0.05, 0.1) is 21.3 Å². The smallest absolute Gasteiger partial charge is 0.261 e. The molecule has 0 unspecified atom stereocenters. The van der Waals surface area contributed by atoms with Crippen LogP contribution in [0.5, 0.6) is 17.2 Å². The molecule has 0 atom stereocenters. The predicted octanol–water partition coefficient (Wildman–Crippen LogP) is 1.41. The van der Waals surface area contributed by atoms with E-state index < -0.39 is 0 Å². The third kappa shape index (κ3) is 3.72. The molecule has 1 aromatic rings. The summed E-state index contributed by atoms with van der Waals surface area (Å²) in [4.78, 5) is 28.0. The molecule has 7 nitrogen and oxygen atoms in total. The topological polar surface area (TPSA) is 68.3 Å². The fourth-order valence-corrected chi connectivity index (χ4v) is 2.81. The molecule has 0 bridgehead atoms. The Morgan fingerprint density at radius 1 is 0.875 bits per heavy atom. The first-order valence-electron chi connectivity index (χ1n) is 7.86. The molecular weight excluding hydrogens is 312 g/mol. The highest BCUT2D eigenvalue weighted by atomic mass is 16.5. The van der Waals surface area contributed by atoms with E-state index in [1.165, 1.54) is 14.2 Å². The van der Waals surface area contributed by atoms with Gasteiger partial charge in [0, 0.05) is 45.2 Å². The molecule has 24 heavy (non-hydrogen) atoms. The lowest BCUT2D eigenvalue weighted by molar-refractivity contribution is -0.128. The molecule has 1 saturated heterocycles. The Labute approximate surface area is 142 Å². The maximum atomic E-state index is 13.0. The first-order chi connectivity index (χ1) is 11.5. The quantitative estimate of drug-likeness (QED) is 0.831. The number of ether oxygens (including phenoxy) is 3. The van der Waals surface area contributed by atoms with Gasteiger partial charge in [0.15, 0.2) is 0 Å². The Bertz CT molecular complexity index is 592. The summed E-state index contributed by atoms with van der Waals surface area (Å²) in [7, 11) is 4.55. The van der Waals surface area contributed by atoms with Crippen molar-refractivity contribution in [2.45, 2.75) is 13.3 Å². The van der Waals surface area contributed by atoms with E-state index in [2.05, 4.69) is 0 Å². The van der Waals surface area contributed by atoms with Crippen molar-refractivity contribution in [3.05, 3.63) is 17.7 Å². The van der Waals surface area contributed by atoms with E-state index in [0.717, 1.165) is 6.42 Å². The van der Waals surface area contributed by atoms with Gasteiger partial charge in [-0.3, -0.25) is 9.59 Å². The third-order valence-electron chi connectivity index (χ3n) is 4.16. The third-order valence-corrected chi connectivity index (χ3v) is 4.16. The lowest BCUT2D eigenvalue weighted by Crippen LogP contribution is -2.36. The van der Waals surface area contributed by atoms with Gasteiger partial charge in [0.2, 0.25) is 5.91 Å². The first-order valence-corrected chi connectivity index (χ1v) is 7.86. The lowest BCUT2D eigenvalue weighted by Gasteiger charge is -2.23. The summed E-state index contributed by atoms with van der Waals surface area (Å²) in [5.41, 5.74) is 0.372. The van der Waals surface area contributed by atoms with Gasteiger partial charge in [0.1, 0.15) is 22.8 Å². The Morgan fingerprint density at radius 2 is 1.42 bits per heavy atom. The second-order valence-corrected chi connectivity index (χ2v) is 5.56. The SMILES string of the molecule is COc1cc(OC)c(C(=O)N2CCCN(C(C)=O)CC2)c(OC)c1. The van der Waals surface area contributed by atoms with E-state index in [4.69, 9.17) is 14.2 Å². The Morgan fingerprint density at radius 3 is 1.92 bits per heavy atom. The highest BCUT2D eigenvalue weighted by Gasteiger charge is 2.27. The van der Waals surface area contributed by atoms with Crippen LogP contribution >= 0.6 is 0 Å². The molecule has 2 rings (SSSR count). The highest BCUT2D eigenvalue weighted by molar-refractivity contribution is 6.00. The summed E-state index contributed by atoms with van der Waals surface area (Å²) in [6.45, 7) is 3.81. The first kappa shape index (κ1) is 17.9. The molecule has 0 aromatic heterocycles. The number of amides is 2. The number of benzene rings is 1. The molecule has 1 heterocycles. The summed E-state index contributed by atoms with van der Waals surface area (Å²) >= 11 is 0. The second kappa shape index (κ2) is 7.90. The summed E-state index contributed by atoms with van der Waals surface area (Å²) in [6.07, 6.45) is 0.742. The van der Waals surface area contributed by atoms with Crippen molar-refractivity contribution in [2.75, 3.05) is 47.5 Å². The summed E-state index contributed by atoms with van der Waals surface area (Å²) in [5.74, 6) is 1.23. The maximum absolute atomic E-state index is 13.0. The summed E-state index contributed by atoms with van der Waals surface area (Å²) in [5, 5.41) is 0. The molecule has 7 heteroatoms. The number of hydrogen-bond donors (Lipinski definition) is 0. The fourth-order valence-electron chi connectivity index (χ4n) is 2.81. The highest BCUT2D eigenvalue weighted by Crippen LogP contribution is 2.35. The van der Waals surface area contributed by atoms with Crippen LogP contribution in [-0.2, 0) is 4.79 Å². The van der Waals surface area contributed by atoms with E-state index in [9.17, 15) is 9.59 Å². The number of carbonyl (C=O) groups excluding carboxylic acids is 2. The van der Waals surface area contributed by atoms with Gasteiger partial charge in [-0.2, -0.15) is 0 Å². The van der Waals surface area contributed by atoms with Crippen LogP contribution in [0.4, 0.5) is 0 Å². The maximum Gasteiger partial charge on any atom is 0.261 e. The van der Waals surface area contributed by atoms with E-state index in [1.54, 1.807) is 36.0 Å². The average molecular weight is 336 g/mol. The number of nitrogens with zero attached hydrogens (tertiary/aromatic N) is 2. The van der Waals surface area contributed by atoms with Crippen molar-refractivity contribution in [1.29, 1.82) is 0 Å². The van der Waals surface area contributed by atoms with Crippen molar-refractivity contribution >= 4 is 11.8 Å². The monoisotopic (exact) mass is 336 g/mol. The standard InChI is InChI=1S/C17H24N2O5/c1-12(20)18-6-5-7-19(9-8-18)17(21)16-14(23-3)10-13(22-2)11-15(16)24-4/h10-11H,5-9H2,1-4H3. The molecule has 0 N–H and O–H groups in total. The molecule has 132 valence electrons. The molecule has 0 saturated carbocycles. The van der Waals surface area contributed by atoms with Gasteiger partial charge in [-0.15, -0.1) is 0 Å². The van der Waals surface area contributed by atoms with Gasteiger partial charge in [-0.1, -0.05) is 0 Å². The molecule has 1 aromatic carbocycles. The van der Waals surface area contributed by atoms with E-state index in [-0.39, 0.29) is 11.8 Å². The Balaban J connectivity index is 2.30. The van der Waals surface area contributed by atoms with Crippen LogP contribution in [0.2, 0.25) is 0 Å². The molecule has 0 radical (unpaired) electrons. The van der Waals surface area contributed by atoms with Crippen molar-refractivity contribution in [3.63, 3.8) is 0 Å². The van der Waals surface area contributed by atoms with Crippen LogP contribution in [-0.4, -0.2) is 69.1 Å². The second-order valence-electron chi connectivity index (χ2n) is 5.56. The van der Waals surface area contributed by atoms with Crippen molar-refractivity contribution in [3.8, 4) is 17.2 Å². The largest absolute Gasteiger partial charge is 0.496 e. The minimum atomic E-state index is -0.170. The zero-order valence-corrected chi connectivity index (χ0v) is 14.6.